The van der Waals surface area contributed by atoms with Crippen LogP contribution in [0, 0.1) is 5.92 Å². The molecule has 1 nitrogen and oxygen atoms in total. The van der Waals surface area contributed by atoms with Gasteiger partial charge in [-0.2, -0.15) is 0 Å². The molecule has 1 heteroatoms. The van der Waals surface area contributed by atoms with Crippen molar-refractivity contribution in [2.45, 2.75) is 44.6 Å². The minimum Gasteiger partial charge on any atom is -0.390 e. The lowest BCUT2D eigenvalue weighted by atomic mass is 9.96. The van der Waals surface area contributed by atoms with Gasteiger partial charge >= 0.3 is 0 Å². The highest BCUT2D eigenvalue weighted by molar-refractivity contribution is 4.93. The Kier molecular flexibility index (Phi) is 2.72. The van der Waals surface area contributed by atoms with E-state index in [0.717, 1.165) is 25.2 Å². The predicted molar refractivity (Wildman–Crippen MR) is 47.4 cm³/mol. The zero-order chi connectivity index (χ0) is 8.32. The van der Waals surface area contributed by atoms with Gasteiger partial charge in [-0.05, 0) is 31.6 Å². The highest BCUT2D eigenvalue weighted by Crippen LogP contribution is 2.38. The first-order valence-corrected chi connectivity index (χ1v) is 4.53. The Morgan fingerprint density at radius 3 is 2.91 bits per heavy atom. The lowest BCUT2D eigenvalue weighted by molar-refractivity contribution is 0.0465. The molecule has 0 spiro atoms. The molecule has 1 aliphatic rings. The molecule has 1 saturated carbocycles. The maximum Gasteiger partial charge on any atom is 0.0684 e. The maximum atomic E-state index is 9.92. The monoisotopic (exact) mass is 154 g/mol. The summed E-state index contributed by atoms with van der Waals surface area (Å²) in [4.78, 5) is 0. The van der Waals surface area contributed by atoms with Crippen LogP contribution < -0.4 is 0 Å². The van der Waals surface area contributed by atoms with Gasteiger partial charge in [-0.15, -0.1) is 6.58 Å². The molecule has 0 bridgehead atoms. The molecule has 0 heterocycles. The maximum absolute atomic E-state index is 9.92. The lowest BCUT2D eigenvalue weighted by Gasteiger charge is -2.20. The topological polar surface area (TPSA) is 20.2 Å². The predicted octanol–water partition coefficient (Wildman–Crippen LogP) is 2.50. The SMILES string of the molecule is C=CCC1(O)CCC(CC)C1. The molecule has 11 heavy (non-hydrogen) atoms. The lowest BCUT2D eigenvalue weighted by Crippen LogP contribution is -2.23. The van der Waals surface area contributed by atoms with Gasteiger partial charge in [0.25, 0.3) is 0 Å². The molecule has 1 N–H and O–H groups in total. The molecular weight excluding hydrogens is 136 g/mol. The third-order valence-electron chi connectivity index (χ3n) is 2.79. The van der Waals surface area contributed by atoms with Crippen LogP contribution in [0.4, 0.5) is 0 Å². The van der Waals surface area contributed by atoms with Gasteiger partial charge in [-0.3, -0.25) is 0 Å². The standard InChI is InChI=1S/C10H18O/c1-3-6-10(11)7-5-9(4-2)8-10/h3,9,11H,1,4-8H2,2H3. The summed E-state index contributed by atoms with van der Waals surface area (Å²) in [6, 6.07) is 0. The van der Waals surface area contributed by atoms with E-state index in [9.17, 15) is 5.11 Å². The molecular formula is C10H18O. The van der Waals surface area contributed by atoms with Crippen LogP contribution in [-0.4, -0.2) is 10.7 Å². The summed E-state index contributed by atoms with van der Waals surface area (Å²) in [5, 5.41) is 9.92. The molecule has 0 saturated heterocycles. The summed E-state index contributed by atoms with van der Waals surface area (Å²) < 4.78 is 0. The van der Waals surface area contributed by atoms with Crippen LogP contribution in [0.25, 0.3) is 0 Å². The number of aliphatic hydroxyl groups is 1. The number of hydrogen-bond acceptors (Lipinski definition) is 1. The largest absolute Gasteiger partial charge is 0.390 e. The first kappa shape index (κ1) is 8.79. The van der Waals surface area contributed by atoms with Gasteiger partial charge in [-0.25, -0.2) is 0 Å². The summed E-state index contributed by atoms with van der Waals surface area (Å²) in [5.41, 5.74) is -0.400. The smallest absolute Gasteiger partial charge is 0.0684 e. The van der Waals surface area contributed by atoms with Crippen LogP contribution in [0.15, 0.2) is 12.7 Å². The van der Waals surface area contributed by atoms with Gasteiger partial charge in [0.2, 0.25) is 0 Å². The molecule has 1 aliphatic carbocycles. The van der Waals surface area contributed by atoms with Crippen LogP contribution in [0.3, 0.4) is 0 Å². The van der Waals surface area contributed by atoms with Crippen molar-refractivity contribution >= 4 is 0 Å². The van der Waals surface area contributed by atoms with E-state index in [1.54, 1.807) is 0 Å². The second kappa shape index (κ2) is 3.40. The van der Waals surface area contributed by atoms with Crippen LogP contribution >= 0.6 is 0 Å². The van der Waals surface area contributed by atoms with Crippen molar-refractivity contribution < 1.29 is 5.11 Å². The summed E-state index contributed by atoms with van der Waals surface area (Å²) in [6.45, 7) is 5.86. The summed E-state index contributed by atoms with van der Waals surface area (Å²) in [6.07, 6.45) is 6.95. The number of hydrogen-bond donors (Lipinski definition) is 1. The van der Waals surface area contributed by atoms with Crippen molar-refractivity contribution in [1.82, 2.24) is 0 Å². The normalized spacial score (nSPS) is 37.5. The van der Waals surface area contributed by atoms with Crippen molar-refractivity contribution in [2.24, 2.45) is 5.92 Å². The van der Waals surface area contributed by atoms with Gasteiger partial charge in [-0.1, -0.05) is 19.4 Å². The van der Waals surface area contributed by atoms with Crippen LogP contribution in [-0.2, 0) is 0 Å². The van der Waals surface area contributed by atoms with E-state index in [1.165, 1.54) is 12.8 Å². The van der Waals surface area contributed by atoms with E-state index >= 15 is 0 Å². The van der Waals surface area contributed by atoms with E-state index < -0.39 is 5.60 Å². The van der Waals surface area contributed by atoms with Crippen molar-refractivity contribution in [3.8, 4) is 0 Å². The molecule has 64 valence electrons. The summed E-state index contributed by atoms with van der Waals surface area (Å²) in [7, 11) is 0. The van der Waals surface area contributed by atoms with E-state index in [-0.39, 0.29) is 0 Å². The van der Waals surface area contributed by atoms with Gasteiger partial charge in [0, 0.05) is 0 Å². The third-order valence-corrected chi connectivity index (χ3v) is 2.79. The van der Waals surface area contributed by atoms with Crippen molar-refractivity contribution in [2.75, 3.05) is 0 Å². The van der Waals surface area contributed by atoms with Gasteiger partial charge in [0.15, 0.2) is 0 Å². The minimum absolute atomic E-state index is 0.400. The van der Waals surface area contributed by atoms with E-state index in [1.807, 2.05) is 6.08 Å². The van der Waals surface area contributed by atoms with Crippen LogP contribution in [0.5, 0.6) is 0 Å². The van der Waals surface area contributed by atoms with E-state index in [4.69, 9.17) is 0 Å². The highest BCUT2D eigenvalue weighted by atomic mass is 16.3. The molecule has 0 radical (unpaired) electrons. The van der Waals surface area contributed by atoms with Crippen molar-refractivity contribution in [3.05, 3.63) is 12.7 Å². The zero-order valence-corrected chi connectivity index (χ0v) is 7.34. The molecule has 2 atom stereocenters. The number of rotatable bonds is 3. The van der Waals surface area contributed by atoms with Gasteiger partial charge in [0.1, 0.15) is 0 Å². The van der Waals surface area contributed by atoms with Crippen LogP contribution in [0.1, 0.15) is 39.0 Å². The Balaban J connectivity index is 2.43. The van der Waals surface area contributed by atoms with Gasteiger partial charge < -0.3 is 5.11 Å². The quantitative estimate of drug-likeness (QED) is 0.619. The minimum atomic E-state index is -0.400. The molecule has 2 unspecified atom stereocenters. The summed E-state index contributed by atoms with van der Waals surface area (Å²) in [5.74, 6) is 0.750. The Morgan fingerprint density at radius 2 is 2.45 bits per heavy atom. The van der Waals surface area contributed by atoms with E-state index in [0.29, 0.717) is 0 Å². The molecule has 1 fully saturated rings. The molecule has 0 aliphatic heterocycles. The van der Waals surface area contributed by atoms with Gasteiger partial charge in [0.05, 0.1) is 5.60 Å². The first-order valence-electron chi connectivity index (χ1n) is 4.53. The third kappa shape index (κ3) is 2.06. The Hall–Kier alpha value is -0.300. The van der Waals surface area contributed by atoms with E-state index in [2.05, 4.69) is 13.5 Å². The Morgan fingerprint density at radius 1 is 1.73 bits per heavy atom. The average molecular weight is 154 g/mol. The highest BCUT2D eigenvalue weighted by Gasteiger charge is 2.34. The fourth-order valence-corrected chi connectivity index (χ4v) is 2.02. The average Bonchev–Trinajstić information content (AvgIpc) is 2.33. The fourth-order valence-electron chi connectivity index (χ4n) is 2.02. The molecule has 1 rings (SSSR count). The van der Waals surface area contributed by atoms with Crippen molar-refractivity contribution in [1.29, 1.82) is 0 Å². The molecule has 0 aromatic heterocycles. The first-order chi connectivity index (χ1) is 5.20. The fraction of sp³-hybridized carbons (Fsp3) is 0.800. The summed E-state index contributed by atoms with van der Waals surface area (Å²) >= 11 is 0. The second-order valence-electron chi connectivity index (χ2n) is 3.73. The Labute approximate surface area is 69.1 Å². The zero-order valence-electron chi connectivity index (χ0n) is 7.34. The molecule has 0 amide bonds. The molecule has 0 aromatic rings. The van der Waals surface area contributed by atoms with Crippen LogP contribution in [0.2, 0.25) is 0 Å². The Bertz CT molecular complexity index is 142. The molecule has 0 aromatic carbocycles. The van der Waals surface area contributed by atoms with Crippen molar-refractivity contribution in [3.63, 3.8) is 0 Å². The second-order valence-corrected chi connectivity index (χ2v) is 3.73.